The van der Waals surface area contributed by atoms with Crippen LogP contribution in [0.25, 0.3) is 0 Å². The van der Waals surface area contributed by atoms with Crippen molar-refractivity contribution < 1.29 is 14.3 Å². The normalized spacial score (nSPS) is 22.3. The molecule has 0 saturated heterocycles. The van der Waals surface area contributed by atoms with Crippen LogP contribution in [0.3, 0.4) is 0 Å². The van der Waals surface area contributed by atoms with Gasteiger partial charge in [0.1, 0.15) is 4.91 Å². The van der Waals surface area contributed by atoms with Crippen molar-refractivity contribution in [1.82, 2.24) is 4.90 Å². The number of ketones is 1. The Bertz CT molecular complexity index is 825. The van der Waals surface area contributed by atoms with E-state index in [-0.39, 0.29) is 11.8 Å². The van der Waals surface area contributed by atoms with E-state index in [0.29, 0.717) is 21.6 Å². The Labute approximate surface area is 165 Å². The molecule has 1 atom stereocenters. The summed E-state index contributed by atoms with van der Waals surface area (Å²) in [5, 5.41) is 7.28. The van der Waals surface area contributed by atoms with Crippen LogP contribution in [0.15, 0.2) is 40.0 Å². The Kier molecular flexibility index (Phi) is 5.28. The summed E-state index contributed by atoms with van der Waals surface area (Å²) in [6, 6.07) is 7.21. The number of esters is 1. The topological polar surface area (TPSA) is 62.2 Å². The number of benzene rings is 1. The summed E-state index contributed by atoms with van der Waals surface area (Å²) < 4.78 is 4.38. The SMILES string of the molecule is CCOC(=O)C1=C(C)N(C)[C@@]2(SC(C(C)=O)=NN2c2ccc(Cl)cc2)S1. The standard InChI is InChI=1S/C17H18ClN3O3S2/c1-5-24-16(23)14-10(2)20(4)17(25-14)21(19-15(26-17)11(3)22)13-8-6-12(18)7-9-13/h6-9H,5H2,1-4H3/t17-/m0/s1. The fourth-order valence-corrected chi connectivity index (χ4v) is 5.59. The molecule has 9 heteroatoms. The molecule has 2 aliphatic heterocycles. The molecule has 0 fully saturated rings. The maximum atomic E-state index is 12.4. The number of hydrogen-bond acceptors (Lipinski definition) is 8. The smallest absolute Gasteiger partial charge is 0.346 e. The van der Waals surface area contributed by atoms with Gasteiger partial charge in [-0.05, 0) is 49.9 Å². The zero-order valence-electron chi connectivity index (χ0n) is 14.8. The van der Waals surface area contributed by atoms with Crippen LogP contribution in [0, 0.1) is 0 Å². The van der Waals surface area contributed by atoms with Crippen LogP contribution in [0.5, 0.6) is 0 Å². The minimum atomic E-state index is -0.805. The van der Waals surface area contributed by atoms with Crippen molar-refractivity contribution in [3.05, 3.63) is 39.9 Å². The van der Waals surface area contributed by atoms with E-state index >= 15 is 0 Å². The van der Waals surface area contributed by atoms with E-state index in [0.717, 1.165) is 11.4 Å². The molecule has 2 aliphatic rings. The summed E-state index contributed by atoms with van der Waals surface area (Å²) >= 11 is 8.65. The molecule has 0 unspecified atom stereocenters. The second kappa shape index (κ2) is 7.17. The van der Waals surface area contributed by atoms with Gasteiger partial charge in [-0.3, -0.25) is 4.79 Å². The molecular formula is C17H18ClN3O3S2. The van der Waals surface area contributed by atoms with Crippen molar-refractivity contribution in [2.24, 2.45) is 5.10 Å². The Hall–Kier alpha value is -1.64. The molecule has 1 spiro atoms. The summed E-state index contributed by atoms with van der Waals surface area (Å²) in [6.07, 6.45) is 0. The van der Waals surface area contributed by atoms with Gasteiger partial charge >= 0.3 is 5.97 Å². The molecule has 26 heavy (non-hydrogen) atoms. The van der Waals surface area contributed by atoms with Gasteiger partial charge in [0, 0.05) is 24.7 Å². The number of hydrazone groups is 1. The van der Waals surface area contributed by atoms with E-state index in [2.05, 4.69) is 5.10 Å². The number of nitrogens with zero attached hydrogens (tertiary/aromatic N) is 3. The van der Waals surface area contributed by atoms with E-state index in [1.807, 2.05) is 31.0 Å². The molecule has 0 N–H and O–H groups in total. The number of halogens is 1. The van der Waals surface area contributed by atoms with E-state index < -0.39 is 4.33 Å². The maximum absolute atomic E-state index is 12.4. The van der Waals surface area contributed by atoms with Gasteiger partial charge in [0.15, 0.2) is 10.8 Å². The van der Waals surface area contributed by atoms with Crippen molar-refractivity contribution in [1.29, 1.82) is 0 Å². The summed E-state index contributed by atoms with van der Waals surface area (Å²) in [5.41, 5.74) is 1.55. The number of ether oxygens (including phenoxy) is 1. The van der Waals surface area contributed by atoms with Crippen molar-refractivity contribution in [2.45, 2.75) is 25.1 Å². The van der Waals surface area contributed by atoms with Crippen LogP contribution in [0.4, 0.5) is 5.69 Å². The van der Waals surface area contributed by atoms with Crippen molar-refractivity contribution in [3.63, 3.8) is 0 Å². The molecule has 0 radical (unpaired) electrons. The molecule has 2 heterocycles. The third-order valence-corrected chi connectivity index (χ3v) is 7.42. The fourth-order valence-electron chi connectivity index (χ4n) is 2.59. The highest BCUT2D eigenvalue weighted by molar-refractivity contribution is 8.28. The Balaban J connectivity index is 2.03. The zero-order chi connectivity index (χ0) is 19.1. The van der Waals surface area contributed by atoms with Crippen molar-refractivity contribution in [2.75, 3.05) is 18.7 Å². The van der Waals surface area contributed by atoms with Crippen LogP contribution in [0.2, 0.25) is 5.02 Å². The quantitative estimate of drug-likeness (QED) is 0.696. The summed E-state index contributed by atoms with van der Waals surface area (Å²) in [7, 11) is 1.88. The Morgan fingerprint density at radius 2 is 1.92 bits per heavy atom. The van der Waals surface area contributed by atoms with Crippen LogP contribution < -0.4 is 5.01 Å². The number of rotatable bonds is 4. The monoisotopic (exact) mass is 411 g/mol. The van der Waals surface area contributed by atoms with Gasteiger partial charge in [-0.1, -0.05) is 23.4 Å². The lowest BCUT2D eigenvalue weighted by molar-refractivity contribution is -0.137. The number of Topliss-reactive ketones (excluding diaryl/α,β-unsaturated/α-hetero) is 1. The zero-order valence-corrected chi connectivity index (χ0v) is 17.2. The molecule has 0 bridgehead atoms. The predicted molar refractivity (Wildman–Crippen MR) is 107 cm³/mol. The third kappa shape index (κ3) is 3.10. The largest absolute Gasteiger partial charge is 0.462 e. The Morgan fingerprint density at radius 3 is 2.50 bits per heavy atom. The summed E-state index contributed by atoms with van der Waals surface area (Å²) in [4.78, 5) is 26.8. The lowest BCUT2D eigenvalue weighted by Gasteiger charge is -2.39. The molecule has 0 aromatic heterocycles. The average Bonchev–Trinajstić information content (AvgIpc) is 3.11. The number of allylic oxidation sites excluding steroid dienone is 1. The molecule has 3 rings (SSSR count). The van der Waals surface area contributed by atoms with E-state index in [9.17, 15) is 9.59 Å². The van der Waals surface area contributed by atoms with Crippen molar-refractivity contribution >= 4 is 57.6 Å². The van der Waals surface area contributed by atoms with Crippen LogP contribution >= 0.6 is 35.1 Å². The second-order valence-corrected chi connectivity index (χ2v) is 8.73. The maximum Gasteiger partial charge on any atom is 0.346 e. The first-order valence-electron chi connectivity index (χ1n) is 7.95. The summed E-state index contributed by atoms with van der Waals surface area (Å²) in [6.45, 7) is 5.42. The molecule has 1 aromatic rings. The predicted octanol–water partition coefficient (Wildman–Crippen LogP) is 3.88. The molecular weight excluding hydrogens is 394 g/mol. The first-order chi connectivity index (χ1) is 12.3. The highest BCUT2D eigenvalue weighted by atomic mass is 35.5. The molecule has 1 aromatic carbocycles. The lowest BCUT2D eigenvalue weighted by Crippen LogP contribution is -2.47. The van der Waals surface area contributed by atoms with Crippen LogP contribution in [-0.2, 0) is 14.3 Å². The van der Waals surface area contributed by atoms with Gasteiger partial charge in [0.2, 0.25) is 4.33 Å². The third-order valence-electron chi connectivity index (χ3n) is 4.01. The fraction of sp³-hybridized carbons (Fsp3) is 0.353. The van der Waals surface area contributed by atoms with Gasteiger partial charge in [-0.15, -0.1) is 0 Å². The number of thioether (sulfide) groups is 2. The van der Waals surface area contributed by atoms with Gasteiger partial charge in [-0.2, -0.15) is 5.10 Å². The van der Waals surface area contributed by atoms with Gasteiger partial charge in [0.05, 0.1) is 12.3 Å². The van der Waals surface area contributed by atoms with Gasteiger partial charge in [-0.25, -0.2) is 9.80 Å². The average molecular weight is 412 g/mol. The van der Waals surface area contributed by atoms with Crippen LogP contribution in [-0.4, -0.2) is 39.7 Å². The van der Waals surface area contributed by atoms with E-state index in [4.69, 9.17) is 16.3 Å². The first kappa shape index (κ1) is 19.1. The van der Waals surface area contributed by atoms with E-state index in [1.54, 1.807) is 24.1 Å². The minimum Gasteiger partial charge on any atom is -0.462 e. The van der Waals surface area contributed by atoms with Crippen molar-refractivity contribution in [3.8, 4) is 0 Å². The summed E-state index contributed by atoms with van der Waals surface area (Å²) in [5.74, 6) is -0.492. The molecule has 6 nitrogen and oxygen atoms in total. The lowest BCUT2D eigenvalue weighted by atomic mass is 10.3. The van der Waals surface area contributed by atoms with Crippen LogP contribution in [0.1, 0.15) is 20.8 Å². The Morgan fingerprint density at radius 1 is 1.27 bits per heavy atom. The molecule has 138 valence electrons. The van der Waals surface area contributed by atoms with Gasteiger partial charge in [0.25, 0.3) is 0 Å². The molecule has 0 saturated carbocycles. The highest BCUT2D eigenvalue weighted by Crippen LogP contribution is 2.58. The number of carbonyl (C=O) groups is 2. The number of anilines is 1. The molecule has 0 aliphatic carbocycles. The second-order valence-electron chi connectivity index (χ2n) is 5.70. The first-order valence-corrected chi connectivity index (χ1v) is 9.96. The number of hydrogen-bond donors (Lipinski definition) is 0. The van der Waals surface area contributed by atoms with E-state index in [1.165, 1.54) is 30.4 Å². The highest BCUT2D eigenvalue weighted by Gasteiger charge is 2.56. The van der Waals surface area contributed by atoms with Gasteiger partial charge < -0.3 is 9.64 Å². The number of carbonyl (C=O) groups excluding carboxylic acids is 2. The molecule has 0 amide bonds. The minimum absolute atomic E-state index is 0.123.